The van der Waals surface area contributed by atoms with Crippen molar-refractivity contribution in [2.75, 3.05) is 0 Å². The van der Waals surface area contributed by atoms with Crippen molar-refractivity contribution in [1.82, 2.24) is 9.13 Å². The molecule has 0 fully saturated rings. The lowest BCUT2D eigenvalue weighted by molar-refractivity contribution is 1.10. The maximum Gasteiger partial charge on any atom is 0.0781 e. The molecule has 0 aliphatic carbocycles. The van der Waals surface area contributed by atoms with Crippen molar-refractivity contribution < 1.29 is 0 Å². The van der Waals surface area contributed by atoms with Gasteiger partial charge in [-0.15, -0.1) is 0 Å². The van der Waals surface area contributed by atoms with Gasteiger partial charge in [-0.05, 0) is 93.5 Å². The summed E-state index contributed by atoms with van der Waals surface area (Å²) in [5, 5.41) is 4.88. The number of aromatic nitrogens is 2. The van der Waals surface area contributed by atoms with Crippen LogP contribution in [0.1, 0.15) is 11.1 Å². The molecule has 0 saturated carbocycles. The Kier molecular flexibility index (Phi) is 7.49. The molecular weight excluding hydrogens is 653 g/mol. The normalized spacial score (nSPS) is 11.5. The second kappa shape index (κ2) is 12.8. The molecule has 10 aromatic rings. The summed E-state index contributed by atoms with van der Waals surface area (Å²) >= 11 is 0. The first-order valence-electron chi connectivity index (χ1n) is 18.4. The molecule has 0 atom stereocenters. The first-order chi connectivity index (χ1) is 26.7. The van der Waals surface area contributed by atoms with Crippen molar-refractivity contribution in [3.63, 3.8) is 0 Å². The zero-order chi connectivity index (χ0) is 36.2. The van der Waals surface area contributed by atoms with Crippen molar-refractivity contribution in [1.29, 1.82) is 0 Å². The smallest absolute Gasteiger partial charge is 0.0781 e. The van der Waals surface area contributed by atoms with E-state index in [0.29, 0.717) is 0 Å². The van der Waals surface area contributed by atoms with Gasteiger partial charge in [0.25, 0.3) is 0 Å². The summed E-state index contributed by atoms with van der Waals surface area (Å²) in [4.78, 5) is 0. The van der Waals surface area contributed by atoms with Gasteiger partial charge in [-0.3, -0.25) is 0 Å². The van der Waals surface area contributed by atoms with Crippen LogP contribution in [-0.2, 0) is 0 Å². The molecule has 2 heteroatoms. The molecule has 0 spiro atoms. The zero-order valence-corrected chi connectivity index (χ0v) is 29.8. The van der Waals surface area contributed by atoms with Gasteiger partial charge in [-0.1, -0.05) is 153 Å². The van der Waals surface area contributed by atoms with Gasteiger partial charge in [0, 0.05) is 27.1 Å². The number of hydrogen-bond acceptors (Lipinski definition) is 0. The number of benzene rings is 8. The van der Waals surface area contributed by atoms with Gasteiger partial charge in [0.1, 0.15) is 0 Å². The molecule has 0 saturated heterocycles. The topological polar surface area (TPSA) is 9.86 Å². The van der Waals surface area contributed by atoms with Crippen LogP contribution in [0.2, 0.25) is 0 Å². The average molecular weight is 689 g/mol. The Labute approximate surface area is 314 Å². The van der Waals surface area contributed by atoms with Crippen LogP contribution >= 0.6 is 0 Å². The third-order valence-corrected chi connectivity index (χ3v) is 10.8. The van der Waals surface area contributed by atoms with Gasteiger partial charge in [0.15, 0.2) is 0 Å². The summed E-state index contributed by atoms with van der Waals surface area (Å²) < 4.78 is 4.95. The SMILES string of the molecule is C=Cc1cccc(-c2ccc3c(c2)c2ccccc2n3-c2cccc(-c3ccccc3)c2-n2c3ccccc3c3cc(-c4cccc(C=C)c4)ccc32)c1. The maximum absolute atomic E-state index is 4.01. The van der Waals surface area contributed by atoms with Crippen LogP contribution in [0, 0.1) is 0 Å². The van der Waals surface area contributed by atoms with Crippen LogP contribution < -0.4 is 0 Å². The van der Waals surface area contributed by atoms with Crippen molar-refractivity contribution in [3.05, 3.63) is 206 Å². The number of rotatable bonds is 7. The molecule has 8 aromatic carbocycles. The Morgan fingerprint density at radius 3 is 1.39 bits per heavy atom. The molecule has 2 aromatic heterocycles. The summed E-state index contributed by atoms with van der Waals surface area (Å²) in [6.07, 6.45) is 3.82. The quantitative estimate of drug-likeness (QED) is 0.158. The molecule has 0 aliphatic rings. The van der Waals surface area contributed by atoms with Crippen molar-refractivity contribution in [2.45, 2.75) is 0 Å². The van der Waals surface area contributed by atoms with E-state index in [1.54, 1.807) is 0 Å². The standard InChI is InChI=1S/C52H36N2/c1-3-35-15-12-19-38(31-35)40-27-29-49-45(33-40)43-21-8-10-24-47(43)53(49)51-26-14-23-42(37-17-6-5-7-18-37)52(51)54-48-25-11-9-22-44(48)46-34-41(28-30-50(46)54)39-20-13-16-36(4-2)32-39/h3-34H,1-2H2. The van der Waals surface area contributed by atoms with E-state index >= 15 is 0 Å². The summed E-state index contributed by atoms with van der Waals surface area (Å²) in [6.45, 7) is 8.02. The zero-order valence-electron chi connectivity index (χ0n) is 29.8. The molecule has 0 amide bonds. The van der Waals surface area contributed by atoms with Crippen molar-refractivity contribution in [3.8, 4) is 44.8 Å². The highest BCUT2D eigenvalue weighted by atomic mass is 15.1. The fourth-order valence-corrected chi connectivity index (χ4v) is 8.29. The highest BCUT2D eigenvalue weighted by molar-refractivity contribution is 6.13. The van der Waals surface area contributed by atoms with Gasteiger partial charge in [-0.25, -0.2) is 0 Å². The van der Waals surface area contributed by atoms with E-state index in [1.807, 2.05) is 12.2 Å². The molecule has 0 aliphatic heterocycles. The third-order valence-electron chi connectivity index (χ3n) is 10.8. The minimum Gasteiger partial charge on any atom is -0.307 e. The fraction of sp³-hybridized carbons (Fsp3) is 0. The van der Waals surface area contributed by atoms with E-state index in [0.717, 1.165) is 33.5 Å². The average Bonchev–Trinajstić information content (AvgIpc) is 3.75. The lowest BCUT2D eigenvalue weighted by Crippen LogP contribution is -2.05. The van der Waals surface area contributed by atoms with Crippen LogP contribution in [-0.4, -0.2) is 9.13 Å². The first-order valence-corrected chi connectivity index (χ1v) is 18.4. The van der Waals surface area contributed by atoms with Crippen molar-refractivity contribution >= 4 is 55.8 Å². The van der Waals surface area contributed by atoms with Crippen LogP contribution in [0.5, 0.6) is 0 Å². The van der Waals surface area contributed by atoms with E-state index in [4.69, 9.17) is 0 Å². The predicted octanol–water partition coefficient (Wildman–Crippen LogP) is 14.2. The minimum atomic E-state index is 1.11. The lowest BCUT2D eigenvalue weighted by atomic mass is 10.0. The van der Waals surface area contributed by atoms with Crippen LogP contribution in [0.15, 0.2) is 195 Å². The third kappa shape index (κ3) is 5.03. The van der Waals surface area contributed by atoms with Gasteiger partial charge >= 0.3 is 0 Å². The monoisotopic (exact) mass is 688 g/mol. The number of nitrogens with zero attached hydrogens (tertiary/aromatic N) is 2. The molecular formula is C52H36N2. The second-order valence-corrected chi connectivity index (χ2v) is 13.9. The maximum atomic E-state index is 4.01. The molecule has 0 radical (unpaired) electrons. The van der Waals surface area contributed by atoms with Gasteiger partial charge in [0.2, 0.25) is 0 Å². The second-order valence-electron chi connectivity index (χ2n) is 13.9. The van der Waals surface area contributed by atoms with E-state index in [2.05, 4.69) is 204 Å². The highest BCUT2D eigenvalue weighted by Crippen LogP contribution is 2.43. The summed E-state index contributed by atoms with van der Waals surface area (Å²) in [5.41, 5.74) is 16.2. The highest BCUT2D eigenvalue weighted by Gasteiger charge is 2.23. The van der Waals surface area contributed by atoms with E-state index in [1.165, 1.54) is 66.0 Å². The summed E-state index contributed by atoms with van der Waals surface area (Å²) in [5.74, 6) is 0. The molecule has 2 heterocycles. The van der Waals surface area contributed by atoms with E-state index in [-0.39, 0.29) is 0 Å². The van der Waals surface area contributed by atoms with E-state index in [9.17, 15) is 0 Å². The van der Waals surface area contributed by atoms with Gasteiger partial charge in [0.05, 0.1) is 33.4 Å². The van der Waals surface area contributed by atoms with E-state index < -0.39 is 0 Å². The number of fused-ring (bicyclic) bond motifs is 6. The minimum absolute atomic E-state index is 1.11. The molecule has 10 rings (SSSR count). The molecule has 2 nitrogen and oxygen atoms in total. The number of hydrogen-bond donors (Lipinski definition) is 0. The van der Waals surface area contributed by atoms with Crippen LogP contribution in [0.4, 0.5) is 0 Å². The van der Waals surface area contributed by atoms with Gasteiger partial charge in [-0.2, -0.15) is 0 Å². The van der Waals surface area contributed by atoms with Crippen LogP contribution in [0.25, 0.3) is 101 Å². The summed E-state index contributed by atoms with van der Waals surface area (Å²) in [6, 6.07) is 66.1. The largest absolute Gasteiger partial charge is 0.307 e. The fourth-order valence-electron chi connectivity index (χ4n) is 8.29. The van der Waals surface area contributed by atoms with Crippen molar-refractivity contribution in [2.24, 2.45) is 0 Å². The Morgan fingerprint density at radius 2 is 0.796 bits per heavy atom. The summed E-state index contributed by atoms with van der Waals surface area (Å²) in [7, 11) is 0. The number of para-hydroxylation sites is 3. The molecule has 0 bridgehead atoms. The molecule has 0 unspecified atom stereocenters. The Hall–Kier alpha value is -7.16. The molecule has 0 N–H and O–H groups in total. The Balaban J connectivity index is 1.29. The molecule has 54 heavy (non-hydrogen) atoms. The predicted molar refractivity (Wildman–Crippen MR) is 232 cm³/mol. The first kappa shape index (κ1) is 31.6. The Bertz CT molecular complexity index is 3080. The van der Waals surface area contributed by atoms with Crippen LogP contribution in [0.3, 0.4) is 0 Å². The Morgan fingerprint density at radius 1 is 0.333 bits per heavy atom. The lowest BCUT2D eigenvalue weighted by Gasteiger charge is -2.21. The molecule has 254 valence electrons. The van der Waals surface area contributed by atoms with Gasteiger partial charge < -0.3 is 9.13 Å².